The van der Waals surface area contributed by atoms with Gasteiger partial charge < -0.3 is 15.7 Å². The number of carbonyl (C=O) groups excluding carboxylic acids is 2. The van der Waals surface area contributed by atoms with Crippen molar-refractivity contribution in [1.29, 1.82) is 0 Å². The van der Waals surface area contributed by atoms with E-state index in [1.165, 1.54) is 24.3 Å². The van der Waals surface area contributed by atoms with E-state index in [0.717, 1.165) is 11.3 Å². The Balaban J connectivity index is 1.74. The van der Waals surface area contributed by atoms with Crippen LogP contribution >= 0.6 is 11.3 Å². The fourth-order valence-corrected chi connectivity index (χ4v) is 3.71. The highest BCUT2D eigenvalue weighted by Gasteiger charge is 2.34. The maximum atomic E-state index is 13.7. The van der Waals surface area contributed by atoms with Crippen LogP contribution in [0.25, 0.3) is 0 Å². The molecule has 0 radical (unpaired) electrons. The van der Waals surface area contributed by atoms with Crippen LogP contribution in [0.2, 0.25) is 0 Å². The molecule has 0 unspecified atom stereocenters. The summed E-state index contributed by atoms with van der Waals surface area (Å²) in [6.45, 7) is 0. The van der Waals surface area contributed by atoms with Crippen LogP contribution in [0.3, 0.4) is 0 Å². The Kier molecular flexibility index (Phi) is 5.66. The maximum Gasteiger partial charge on any atom is 0.307 e. The van der Waals surface area contributed by atoms with Crippen LogP contribution < -0.4 is 10.6 Å². The molecule has 8 heteroatoms. The molecule has 1 aliphatic carbocycles. The number of carbonyl (C=O) groups is 3. The second-order valence-electron chi connectivity index (χ2n) is 6.08. The zero-order valence-corrected chi connectivity index (χ0v) is 15.0. The van der Waals surface area contributed by atoms with Crippen LogP contribution in [-0.4, -0.2) is 22.9 Å². The maximum absolute atomic E-state index is 13.7. The van der Waals surface area contributed by atoms with Crippen molar-refractivity contribution >= 4 is 39.8 Å². The average Bonchev–Trinajstić information content (AvgIpc) is 3.11. The van der Waals surface area contributed by atoms with Crippen molar-refractivity contribution in [1.82, 2.24) is 0 Å². The molecule has 2 atom stereocenters. The van der Waals surface area contributed by atoms with Gasteiger partial charge >= 0.3 is 5.97 Å². The largest absolute Gasteiger partial charge is 0.481 e. The molecule has 2 aromatic rings. The summed E-state index contributed by atoms with van der Waals surface area (Å²) < 4.78 is 13.7. The van der Waals surface area contributed by atoms with Crippen molar-refractivity contribution in [2.75, 3.05) is 10.6 Å². The summed E-state index contributed by atoms with van der Waals surface area (Å²) in [6.07, 6.45) is 4.15. The lowest BCUT2D eigenvalue weighted by Crippen LogP contribution is -2.34. The molecule has 6 nitrogen and oxygen atoms in total. The third-order valence-electron chi connectivity index (χ3n) is 4.36. The lowest BCUT2D eigenvalue weighted by molar-refractivity contribution is -0.146. The number of carboxylic acids is 1. The lowest BCUT2D eigenvalue weighted by Gasteiger charge is -2.24. The first kappa shape index (κ1) is 18.8. The Labute approximate surface area is 158 Å². The first-order chi connectivity index (χ1) is 13.0. The summed E-state index contributed by atoms with van der Waals surface area (Å²) >= 11 is 1.14. The number of amides is 2. The smallest absolute Gasteiger partial charge is 0.307 e. The quantitative estimate of drug-likeness (QED) is 0.680. The molecule has 2 amide bonds. The molecule has 1 aromatic carbocycles. The highest BCUT2D eigenvalue weighted by Crippen LogP contribution is 2.30. The predicted octanol–water partition coefficient (Wildman–Crippen LogP) is 3.75. The molecule has 0 spiro atoms. The number of allylic oxidation sites excluding steroid dienone is 2. The first-order valence-electron chi connectivity index (χ1n) is 8.29. The van der Waals surface area contributed by atoms with Gasteiger partial charge in [-0.1, -0.05) is 24.3 Å². The molecule has 3 N–H and O–H groups in total. The van der Waals surface area contributed by atoms with Crippen LogP contribution in [0, 0.1) is 17.7 Å². The van der Waals surface area contributed by atoms with Gasteiger partial charge in [-0.3, -0.25) is 14.4 Å². The highest BCUT2D eigenvalue weighted by atomic mass is 32.1. The van der Waals surface area contributed by atoms with Gasteiger partial charge in [-0.25, -0.2) is 4.39 Å². The van der Waals surface area contributed by atoms with E-state index in [1.807, 2.05) is 0 Å². The number of hydrogen-bond acceptors (Lipinski definition) is 4. The van der Waals surface area contributed by atoms with Gasteiger partial charge in [0.15, 0.2) is 0 Å². The lowest BCUT2D eigenvalue weighted by atomic mass is 9.82. The number of para-hydroxylation sites is 1. The normalized spacial score (nSPS) is 18.7. The molecular weight excluding hydrogens is 371 g/mol. The Morgan fingerprint density at radius 1 is 1.04 bits per heavy atom. The number of hydrogen-bond donors (Lipinski definition) is 3. The minimum Gasteiger partial charge on any atom is -0.481 e. The van der Waals surface area contributed by atoms with Gasteiger partial charge in [-0.05, 0) is 36.4 Å². The van der Waals surface area contributed by atoms with Crippen LogP contribution in [-0.2, 0) is 9.59 Å². The molecular formula is C19H17FN2O4S. The predicted molar refractivity (Wildman–Crippen MR) is 100 cm³/mol. The Bertz CT molecular complexity index is 909. The summed E-state index contributed by atoms with van der Waals surface area (Å²) in [5, 5.41) is 16.4. The highest BCUT2D eigenvalue weighted by molar-refractivity contribution is 7.14. The Morgan fingerprint density at radius 3 is 2.44 bits per heavy atom. The van der Waals surface area contributed by atoms with E-state index in [9.17, 15) is 23.9 Å². The molecule has 1 aromatic heterocycles. The standard InChI is InChI=1S/C19H17FN2O4S/c20-14-7-3-4-8-15(14)21-17(24)13-9-10-27-18(13)22-16(23)11-5-1-2-6-12(11)19(25)26/h1-4,7-12H,5-6H2,(H,21,24)(H,22,23)(H,25,26)/t11-,12+/m1/s1. The number of carboxylic acid groups (broad SMARTS) is 1. The number of halogens is 1. The van der Waals surface area contributed by atoms with Crippen molar-refractivity contribution in [2.45, 2.75) is 12.8 Å². The van der Waals surface area contributed by atoms with E-state index in [2.05, 4.69) is 10.6 Å². The fourth-order valence-electron chi connectivity index (χ4n) is 2.92. The number of aliphatic carboxylic acids is 1. The zero-order chi connectivity index (χ0) is 19.4. The molecule has 1 aliphatic rings. The van der Waals surface area contributed by atoms with Gasteiger partial charge in [0.25, 0.3) is 5.91 Å². The van der Waals surface area contributed by atoms with E-state index in [0.29, 0.717) is 17.8 Å². The third kappa shape index (κ3) is 4.22. The molecule has 3 rings (SSSR count). The topological polar surface area (TPSA) is 95.5 Å². The summed E-state index contributed by atoms with van der Waals surface area (Å²) in [4.78, 5) is 36.4. The fraction of sp³-hybridized carbons (Fsp3) is 0.211. The van der Waals surface area contributed by atoms with Crippen LogP contribution in [0.5, 0.6) is 0 Å². The minimum absolute atomic E-state index is 0.0364. The minimum atomic E-state index is -1.02. The van der Waals surface area contributed by atoms with Gasteiger partial charge in [-0.2, -0.15) is 0 Å². The summed E-state index contributed by atoms with van der Waals surface area (Å²) in [5.41, 5.74) is 0.226. The van der Waals surface area contributed by atoms with Crippen LogP contribution in [0.1, 0.15) is 23.2 Å². The molecule has 0 bridgehead atoms. The van der Waals surface area contributed by atoms with Crippen molar-refractivity contribution in [3.05, 3.63) is 59.2 Å². The molecule has 0 saturated carbocycles. The third-order valence-corrected chi connectivity index (χ3v) is 5.18. The Hall–Kier alpha value is -3.00. The van der Waals surface area contributed by atoms with Gasteiger partial charge in [0.05, 0.1) is 23.1 Å². The number of nitrogens with one attached hydrogen (secondary N) is 2. The molecule has 140 valence electrons. The van der Waals surface area contributed by atoms with Gasteiger partial charge in [-0.15, -0.1) is 11.3 Å². The second kappa shape index (κ2) is 8.13. The monoisotopic (exact) mass is 388 g/mol. The van der Waals surface area contributed by atoms with E-state index in [1.54, 1.807) is 23.6 Å². The summed E-state index contributed by atoms with van der Waals surface area (Å²) in [7, 11) is 0. The molecule has 27 heavy (non-hydrogen) atoms. The number of thiophene rings is 1. The van der Waals surface area contributed by atoms with E-state index in [4.69, 9.17) is 0 Å². The molecule has 0 saturated heterocycles. The van der Waals surface area contributed by atoms with Crippen molar-refractivity contribution in [3.63, 3.8) is 0 Å². The van der Waals surface area contributed by atoms with Crippen molar-refractivity contribution in [3.8, 4) is 0 Å². The first-order valence-corrected chi connectivity index (χ1v) is 9.17. The van der Waals surface area contributed by atoms with Gasteiger partial charge in [0, 0.05) is 0 Å². The average molecular weight is 388 g/mol. The molecule has 1 heterocycles. The van der Waals surface area contributed by atoms with Crippen molar-refractivity contribution < 1.29 is 23.9 Å². The summed E-state index contributed by atoms with van der Waals surface area (Å²) in [6, 6.07) is 7.29. The van der Waals surface area contributed by atoms with E-state index >= 15 is 0 Å². The van der Waals surface area contributed by atoms with Crippen LogP contribution in [0.15, 0.2) is 47.9 Å². The van der Waals surface area contributed by atoms with E-state index < -0.39 is 35.4 Å². The number of benzene rings is 1. The SMILES string of the molecule is O=C(Nc1ccccc1F)c1ccsc1NC(=O)[C@@H]1CC=CC[C@@H]1C(=O)O. The van der Waals surface area contributed by atoms with Crippen molar-refractivity contribution in [2.24, 2.45) is 11.8 Å². The second-order valence-corrected chi connectivity index (χ2v) is 7.00. The van der Waals surface area contributed by atoms with Crippen LogP contribution in [0.4, 0.5) is 15.1 Å². The molecule has 0 aliphatic heterocycles. The molecule has 0 fully saturated rings. The van der Waals surface area contributed by atoms with E-state index in [-0.39, 0.29) is 11.3 Å². The Morgan fingerprint density at radius 2 is 1.74 bits per heavy atom. The summed E-state index contributed by atoms with van der Waals surface area (Å²) in [5.74, 6) is -4.11. The van der Waals surface area contributed by atoms with Gasteiger partial charge in [0.1, 0.15) is 10.8 Å². The number of anilines is 2. The van der Waals surface area contributed by atoms with Gasteiger partial charge in [0.2, 0.25) is 5.91 Å². The zero-order valence-electron chi connectivity index (χ0n) is 14.1. The number of rotatable bonds is 5.